The van der Waals surface area contributed by atoms with Crippen molar-refractivity contribution >= 4 is 5.91 Å². The third kappa shape index (κ3) is 3.19. The van der Waals surface area contributed by atoms with E-state index < -0.39 is 11.1 Å². The first-order valence-electron chi connectivity index (χ1n) is 6.01. The molecule has 0 saturated heterocycles. The number of rotatable bonds is 3. The first-order chi connectivity index (χ1) is 7.29. The van der Waals surface area contributed by atoms with Crippen molar-refractivity contribution in [3.05, 3.63) is 0 Å². The molecule has 2 atom stereocenters. The first-order valence-corrected chi connectivity index (χ1v) is 6.01. The number of aliphatic hydroxyl groups is 1. The van der Waals surface area contributed by atoms with Crippen molar-refractivity contribution in [1.29, 1.82) is 0 Å². The Labute approximate surface area is 97.6 Å². The van der Waals surface area contributed by atoms with E-state index in [1.807, 2.05) is 0 Å². The standard InChI is InChI=1S/C12H24N2O2/c1-9-5-4-6-12(13,7-9)10(16)14-11(2,3)8-15/h9,15H,4-8,13H2,1-3H3,(H,14,16). The van der Waals surface area contributed by atoms with Gasteiger partial charge in [-0.05, 0) is 32.6 Å². The van der Waals surface area contributed by atoms with E-state index >= 15 is 0 Å². The summed E-state index contributed by atoms with van der Waals surface area (Å²) in [5, 5.41) is 11.9. The molecule has 94 valence electrons. The summed E-state index contributed by atoms with van der Waals surface area (Å²) in [7, 11) is 0. The van der Waals surface area contributed by atoms with Gasteiger partial charge in [0, 0.05) is 0 Å². The molecule has 0 aromatic rings. The van der Waals surface area contributed by atoms with Crippen LogP contribution in [0.25, 0.3) is 0 Å². The molecule has 1 saturated carbocycles. The minimum Gasteiger partial charge on any atom is -0.394 e. The average molecular weight is 228 g/mol. The van der Waals surface area contributed by atoms with E-state index in [-0.39, 0.29) is 12.5 Å². The number of nitrogens with two attached hydrogens (primary N) is 1. The maximum absolute atomic E-state index is 12.1. The van der Waals surface area contributed by atoms with Gasteiger partial charge in [0.2, 0.25) is 5.91 Å². The van der Waals surface area contributed by atoms with E-state index in [4.69, 9.17) is 10.8 Å². The van der Waals surface area contributed by atoms with Gasteiger partial charge in [-0.3, -0.25) is 4.79 Å². The van der Waals surface area contributed by atoms with E-state index in [1.165, 1.54) is 0 Å². The van der Waals surface area contributed by atoms with Crippen LogP contribution < -0.4 is 11.1 Å². The molecule has 4 N–H and O–H groups in total. The highest BCUT2D eigenvalue weighted by atomic mass is 16.3. The van der Waals surface area contributed by atoms with Crippen molar-refractivity contribution in [2.75, 3.05) is 6.61 Å². The van der Waals surface area contributed by atoms with Crippen molar-refractivity contribution in [1.82, 2.24) is 5.32 Å². The summed E-state index contributed by atoms with van der Waals surface area (Å²) in [6, 6.07) is 0. The topological polar surface area (TPSA) is 75.4 Å². The maximum atomic E-state index is 12.1. The van der Waals surface area contributed by atoms with Gasteiger partial charge >= 0.3 is 0 Å². The molecule has 4 heteroatoms. The Morgan fingerprint density at radius 3 is 2.75 bits per heavy atom. The van der Waals surface area contributed by atoms with E-state index in [1.54, 1.807) is 13.8 Å². The molecule has 1 amide bonds. The normalized spacial score (nSPS) is 31.2. The summed E-state index contributed by atoms with van der Waals surface area (Å²) in [6.07, 6.45) is 3.63. The third-order valence-electron chi connectivity index (χ3n) is 3.33. The Bertz CT molecular complexity index is 266. The molecule has 0 heterocycles. The second-order valence-corrected chi connectivity index (χ2v) is 5.85. The quantitative estimate of drug-likeness (QED) is 0.668. The molecule has 0 bridgehead atoms. The molecular formula is C12H24N2O2. The Morgan fingerprint density at radius 2 is 2.25 bits per heavy atom. The minimum atomic E-state index is -0.746. The minimum absolute atomic E-state index is 0.0790. The lowest BCUT2D eigenvalue weighted by Crippen LogP contribution is -2.61. The molecular weight excluding hydrogens is 204 g/mol. The lowest BCUT2D eigenvalue weighted by atomic mass is 9.76. The predicted molar refractivity (Wildman–Crippen MR) is 63.9 cm³/mol. The predicted octanol–water partition coefficient (Wildman–Crippen LogP) is 0.781. The number of hydrogen-bond donors (Lipinski definition) is 3. The molecule has 1 aliphatic rings. The number of aliphatic hydroxyl groups excluding tert-OH is 1. The Balaban J connectivity index is 2.65. The lowest BCUT2D eigenvalue weighted by molar-refractivity contribution is -0.130. The fourth-order valence-electron chi connectivity index (χ4n) is 2.27. The summed E-state index contributed by atoms with van der Waals surface area (Å²) < 4.78 is 0. The molecule has 4 nitrogen and oxygen atoms in total. The van der Waals surface area contributed by atoms with Crippen LogP contribution in [0.4, 0.5) is 0 Å². The van der Waals surface area contributed by atoms with Crippen LogP contribution in [0.3, 0.4) is 0 Å². The van der Waals surface area contributed by atoms with E-state index in [2.05, 4.69) is 12.2 Å². The Kier molecular flexibility index (Phi) is 3.97. The molecule has 0 spiro atoms. The van der Waals surface area contributed by atoms with Crippen LogP contribution in [-0.4, -0.2) is 28.7 Å². The van der Waals surface area contributed by atoms with Crippen molar-refractivity contribution in [2.24, 2.45) is 11.7 Å². The highest BCUT2D eigenvalue weighted by Crippen LogP contribution is 2.30. The fraction of sp³-hybridized carbons (Fsp3) is 0.917. The van der Waals surface area contributed by atoms with Gasteiger partial charge < -0.3 is 16.2 Å². The zero-order chi connectivity index (χ0) is 12.4. The van der Waals surface area contributed by atoms with Gasteiger partial charge in [0.05, 0.1) is 17.7 Å². The fourth-order valence-corrected chi connectivity index (χ4v) is 2.27. The highest BCUT2D eigenvalue weighted by molar-refractivity contribution is 5.86. The molecule has 1 aliphatic carbocycles. The zero-order valence-electron chi connectivity index (χ0n) is 10.5. The van der Waals surface area contributed by atoms with Crippen LogP contribution in [0.2, 0.25) is 0 Å². The SMILES string of the molecule is CC1CCCC(N)(C(=O)NC(C)(C)CO)C1. The highest BCUT2D eigenvalue weighted by Gasteiger charge is 2.39. The number of carbonyl (C=O) groups is 1. The van der Waals surface area contributed by atoms with Gasteiger partial charge in [0.25, 0.3) is 0 Å². The Morgan fingerprint density at radius 1 is 1.62 bits per heavy atom. The van der Waals surface area contributed by atoms with Crippen LogP contribution >= 0.6 is 0 Å². The number of amides is 1. The molecule has 1 rings (SSSR count). The zero-order valence-corrected chi connectivity index (χ0v) is 10.5. The van der Waals surface area contributed by atoms with Crippen LogP contribution in [0.15, 0.2) is 0 Å². The van der Waals surface area contributed by atoms with E-state index in [0.717, 1.165) is 25.7 Å². The van der Waals surface area contributed by atoms with Crippen LogP contribution in [0, 0.1) is 5.92 Å². The molecule has 1 fully saturated rings. The summed E-state index contributed by atoms with van der Waals surface area (Å²) in [4.78, 5) is 12.1. The average Bonchev–Trinajstić information content (AvgIpc) is 2.16. The van der Waals surface area contributed by atoms with Crippen molar-refractivity contribution in [2.45, 2.75) is 57.5 Å². The lowest BCUT2D eigenvalue weighted by Gasteiger charge is -2.38. The summed E-state index contributed by atoms with van der Waals surface area (Å²) in [5.74, 6) is 0.375. The number of nitrogens with one attached hydrogen (secondary N) is 1. The van der Waals surface area contributed by atoms with Gasteiger partial charge in [-0.15, -0.1) is 0 Å². The summed E-state index contributed by atoms with van der Waals surface area (Å²) >= 11 is 0. The smallest absolute Gasteiger partial charge is 0.240 e. The van der Waals surface area contributed by atoms with Crippen LogP contribution in [-0.2, 0) is 4.79 Å². The van der Waals surface area contributed by atoms with Gasteiger partial charge in [0.15, 0.2) is 0 Å². The van der Waals surface area contributed by atoms with E-state index in [0.29, 0.717) is 5.92 Å². The van der Waals surface area contributed by atoms with Crippen LogP contribution in [0.1, 0.15) is 46.5 Å². The third-order valence-corrected chi connectivity index (χ3v) is 3.33. The van der Waals surface area contributed by atoms with Gasteiger partial charge in [-0.25, -0.2) is 0 Å². The summed E-state index contributed by atoms with van der Waals surface area (Å²) in [5.41, 5.74) is 4.82. The second-order valence-electron chi connectivity index (χ2n) is 5.85. The van der Waals surface area contributed by atoms with E-state index in [9.17, 15) is 4.79 Å². The largest absolute Gasteiger partial charge is 0.394 e. The number of carbonyl (C=O) groups excluding carboxylic acids is 1. The Hall–Kier alpha value is -0.610. The monoisotopic (exact) mass is 228 g/mol. The van der Waals surface area contributed by atoms with Crippen molar-refractivity contribution in [3.8, 4) is 0 Å². The maximum Gasteiger partial charge on any atom is 0.240 e. The molecule has 0 aliphatic heterocycles. The van der Waals surface area contributed by atoms with Crippen molar-refractivity contribution < 1.29 is 9.90 Å². The van der Waals surface area contributed by atoms with Crippen LogP contribution in [0.5, 0.6) is 0 Å². The van der Waals surface area contributed by atoms with Gasteiger partial charge in [-0.1, -0.05) is 19.8 Å². The first kappa shape index (κ1) is 13.5. The van der Waals surface area contributed by atoms with Gasteiger partial charge in [-0.2, -0.15) is 0 Å². The molecule has 2 unspecified atom stereocenters. The molecule has 0 aromatic carbocycles. The van der Waals surface area contributed by atoms with Gasteiger partial charge in [0.1, 0.15) is 0 Å². The number of hydrogen-bond acceptors (Lipinski definition) is 3. The summed E-state index contributed by atoms with van der Waals surface area (Å²) in [6.45, 7) is 5.64. The molecule has 0 radical (unpaired) electrons. The molecule has 16 heavy (non-hydrogen) atoms. The molecule has 0 aromatic heterocycles. The van der Waals surface area contributed by atoms with Crippen molar-refractivity contribution in [3.63, 3.8) is 0 Å². The second kappa shape index (κ2) is 4.72.